The van der Waals surface area contributed by atoms with Crippen LogP contribution in [0.3, 0.4) is 0 Å². The van der Waals surface area contributed by atoms with Gasteiger partial charge in [-0.25, -0.2) is 15.0 Å². The number of hydrogen-bond acceptors (Lipinski definition) is 4. The molecule has 0 amide bonds. The third-order valence-electron chi connectivity index (χ3n) is 3.82. The summed E-state index contributed by atoms with van der Waals surface area (Å²) in [5, 5.41) is 3.76. The monoisotopic (exact) mass is 313 g/mol. The lowest BCUT2D eigenvalue weighted by Gasteiger charge is -2.09. The van der Waals surface area contributed by atoms with Crippen LogP contribution in [0, 0.1) is 6.92 Å². The molecule has 1 N–H and O–H groups in total. The second-order valence-corrected chi connectivity index (χ2v) is 5.98. The van der Waals surface area contributed by atoms with Crippen molar-refractivity contribution in [3.63, 3.8) is 0 Å². The first-order valence-corrected chi connectivity index (χ1v) is 7.79. The number of para-hydroxylation sites is 2. The fourth-order valence-electron chi connectivity index (χ4n) is 2.75. The Labute approximate surface area is 133 Å². The fourth-order valence-corrected chi connectivity index (χ4v) is 2.98. The molecule has 112 valence electrons. The van der Waals surface area contributed by atoms with Crippen LogP contribution in [0.1, 0.15) is 30.5 Å². The Morgan fingerprint density at radius 2 is 2.05 bits per heavy atom. The van der Waals surface area contributed by atoms with E-state index in [0.29, 0.717) is 23.6 Å². The average molecular weight is 314 g/mol. The SMILES string of the molecule is Cc1nc(Cl)cc(NCc2nc3ccccc3n2C2CC2)n1. The molecule has 4 rings (SSSR count). The quantitative estimate of drug-likeness (QED) is 0.746. The molecule has 5 nitrogen and oxygen atoms in total. The number of benzene rings is 1. The van der Waals surface area contributed by atoms with Gasteiger partial charge in [0.1, 0.15) is 22.6 Å². The van der Waals surface area contributed by atoms with Gasteiger partial charge in [-0.1, -0.05) is 23.7 Å². The highest BCUT2D eigenvalue weighted by Crippen LogP contribution is 2.38. The lowest BCUT2D eigenvalue weighted by Crippen LogP contribution is -2.09. The van der Waals surface area contributed by atoms with Crippen molar-refractivity contribution < 1.29 is 0 Å². The van der Waals surface area contributed by atoms with Gasteiger partial charge in [-0.2, -0.15) is 0 Å². The lowest BCUT2D eigenvalue weighted by molar-refractivity contribution is 0.710. The minimum atomic E-state index is 0.450. The zero-order valence-corrected chi connectivity index (χ0v) is 13.0. The summed E-state index contributed by atoms with van der Waals surface area (Å²) in [5.41, 5.74) is 2.25. The summed E-state index contributed by atoms with van der Waals surface area (Å²) < 4.78 is 2.35. The molecular weight excluding hydrogens is 298 g/mol. The fraction of sp³-hybridized carbons (Fsp3) is 0.312. The van der Waals surface area contributed by atoms with Crippen LogP contribution >= 0.6 is 11.6 Å². The van der Waals surface area contributed by atoms with Gasteiger partial charge in [0.15, 0.2) is 0 Å². The van der Waals surface area contributed by atoms with Crippen LogP contribution in [0.4, 0.5) is 5.82 Å². The highest BCUT2D eigenvalue weighted by atomic mass is 35.5. The number of anilines is 1. The van der Waals surface area contributed by atoms with Gasteiger partial charge in [-0.05, 0) is 31.9 Å². The summed E-state index contributed by atoms with van der Waals surface area (Å²) >= 11 is 5.98. The zero-order chi connectivity index (χ0) is 15.1. The number of nitrogens with one attached hydrogen (secondary N) is 1. The molecule has 0 unspecified atom stereocenters. The van der Waals surface area contributed by atoms with E-state index in [1.807, 2.05) is 13.0 Å². The summed E-state index contributed by atoms with van der Waals surface area (Å²) in [6.07, 6.45) is 2.46. The summed E-state index contributed by atoms with van der Waals surface area (Å²) in [5.74, 6) is 2.42. The largest absolute Gasteiger partial charge is 0.363 e. The van der Waals surface area contributed by atoms with E-state index in [1.54, 1.807) is 6.07 Å². The minimum Gasteiger partial charge on any atom is -0.363 e. The number of rotatable bonds is 4. The predicted molar refractivity (Wildman–Crippen MR) is 87.1 cm³/mol. The first-order valence-electron chi connectivity index (χ1n) is 7.41. The van der Waals surface area contributed by atoms with Crippen molar-refractivity contribution in [3.8, 4) is 0 Å². The van der Waals surface area contributed by atoms with E-state index in [-0.39, 0.29) is 0 Å². The van der Waals surface area contributed by atoms with E-state index in [9.17, 15) is 0 Å². The Hall–Kier alpha value is -2.14. The van der Waals surface area contributed by atoms with Crippen LogP contribution in [-0.4, -0.2) is 19.5 Å². The third-order valence-corrected chi connectivity index (χ3v) is 4.01. The zero-order valence-electron chi connectivity index (χ0n) is 12.3. The van der Waals surface area contributed by atoms with Crippen LogP contribution in [-0.2, 0) is 6.54 Å². The maximum Gasteiger partial charge on any atom is 0.134 e. The number of hydrogen-bond donors (Lipinski definition) is 1. The normalized spacial score (nSPS) is 14.5. The number of fused-ring (bicyclic) bond motifs is 1. The summed E-state index contributed by atoms with van der Waals surface area (Å²) in [6, 6.07) is 10.6. The molecule has 6 heteroatoms. The van der Waals surface area contributed by atoms with Crippen molar-refractivity contribution in [1.29, 1.82) is 0 Å². The highest BCUT2D eigenvalue weighted by molar-refractivity contribution is 6.29. The van der Waals surface area contributed by atoms with Gasteiger partial charge < -0.3 is 9.88 Å². The van der Waals surface area contributed by atoms with Crippen molar-refractivity contribution in [2.45, 2.75) is 32.4 Å². The predicted octanol–water partition coefficient (Wildman–Crippen LogP) is 3.74. The maximum absolute atomic E-state index is 5.98. The van der Waals surface area contributed by atoms with Crippen LogP contribution < -0.4 is 5.32 Å². The molecule has 2 heterocycles. The molecular formula is C16H16ClN5. The Morgan fingerprint density at radius 1 is 1.23 bits per heavy atom. The molecule has 1 aliphatic rings. The first-order chi connectivity index (χ1) is 10.7. The van der Waals surface area contributed by atoms with Gasteiger partial charge in [-0.3, -0.25) is 0 Å². The van der Waals surface area contributed by atoms with Gasteiger partial charge >= 0.3 is 0 Å². The molecule has 0 radical (unpaired) electrons. The molecule has 1 saturated carbocycles. The molecule has 0 aliphatic heterocycles. The molecule has 1 aliphatic carbocycles. The molecule has 3 aromatic rings. The molecule has 22 heavy (non-hydrogen) atoms. The van der Waals surface area contributed by atoms with Gasteiger partial charge in [-0.15, -0.1) is 0 Å². The molecule has 0 bridgehead atoms. The smallest absolute Gasteiger partial charge is 0.134 e. The van der Waals surface area contributed by atoms with Crippen molar-refractivity contribution in [1.82, 2.24) is 19.5 Å². The van der Waals surface area contributed by atoms with Crippen LogP contribution in [0.5, 0.6) is 0 Å². The molecule has 2 aromatic heterocycles. The Balaban J connectivity index is 1.65. The molecule has 0 spiro atoms. The highest BCUT2D eigenvalue weighted by Gasteiger charge is 2.27. The minimum absolute atomic E-state index is 0.450. The van der Waals surface area contributed by atoms with Gasteiger partial charge in [0.05, 0.1) is 17.6 Å². The van der Waals surface area contributed by atoms with E-state index >= 15 is 0 Å². The van der Waals surface area contributed by atoms with Crippen LogP contribution in [0.25, 0.3) is 11.0 Å². The van der Waals surface area contributed by atoms with Gasteiger partial charge in [0.2, 0.25) is 0 Å². The number of imidazole rings is 1. The number of nitrogens with zero attached hydrogens (tertiary/aromatic N) is 4. The summed E-state index contributed by atoms with van der Waals surface area (Å²) in [7, 11) is 0. The Kier molecular flexibility index (Phi) is 3.22. The van der Waals surface area contributed by atoms with E-state index in [2.05, 4.69) is 38.1 Å². The summed E-state index contributed by atoms with van der Waals surface area (Å²) in [6.45, 7) is 2.45. The Bertz CT molecular complexity index is 817. The first kappa shape index (κ1) is 13.5. The van der Waals surface area contributed by atoms with E-state index in [0.717, 1.165) is 17.2 Å². The number of aryl methyl sites for hydroxylation is 1. The van der Waals surface area contributed by atoms with Crippen molar-refractivity contribution in [2.75, 3.05) is 5.32 Å². The topological polar surface area (TPSA) is 55.6 Å². The van der Waals surface area contributed by atoms with Crippen LogP contribution in [0.15, 0.2) is 30.3 Å². The second-order valence-electron chi connectivity index (χ2n) is 5.59. The standard InChI is InChI=1S/C16H16ClN5/c1-10-19-14(17)8-15(20-10)18-9-16-21-12-4-2-3-5-13(12)22(16)11-6-7-11/h2-5,8,11H,6-7,9H2,1H3,(H,18,19,20). The van der Waals surface area contributed by atoms with E-state index in [4.69, 9.17) is 16.6 Å². The van der Waals surface area contributed by atoms with Gasteiger partial charge in [0.25, 0.3) is 0 Å². The lowest BCUT2D eigenvalue weighted by atomic mass is 10.3. The second kappa shape index (κ2) is 5.25. The molecule has 1 fully saturated rings. The molecule has 1 aromatic carbocycles. The van der Waals surface area contributed by atoms with Gasteiger partial charge in [0, 0.05) is 12.1 Å². The van der Waals surface area contributed by atoms with Crippen molar-refractivity contribution >= 4 is 28.5 Å². The molecule has 0 atom stereocenters. The average Bonchev–Trinajstić information content (AvgIpc) is 3.24. The van der Waals surface area contributed by atoms with E-state index in [1.165, 1.54) is 18.4 Å². The van der Waals surface area contributed by atoms with E-state index < -0.39 is 0 Å². The van der Waals surface area contributed by atoms with Crippen molar-refractivity contribution in [2.24, 2.45) is 0 Å². The number of halogens is 1. The number of aromatic nitrogens is 4. The Morgan fingerprint density at radius 3 is 2.82 bits per heavy atom. The van der Waals surface area contributed by atoms with Crippen molar-refractivity contribution in [3.05, 3.63) is 47.1 Å². The summed E-state index contributed by atoms with van der Waals surface area (Å²) in [4.78, 5) is 13.2. The third kappa shape index (κ3) is 2.52. The molecule has 0 saturated heterocycles. The van der Waals surface area contributed by atoms with Crippen LogP contribution in [0.2, 0.25) is 5.15 Å². The maximum atomic E-state index is 5.98.